The summed E-state index contributed by atoms with van der Waals surface area (Å²) in [4.78, 5) is 49.4. The molecule has 2 heterocycles. The summed E-state index contributed by atoms with van der Waals surface area (Å²) < 4.78 is 5.64. The van der Waals surface area contributed by atoms with Gasteiger partial charge in [0.05, 0.1) is 12.0 Å². The first kappa shape index (κ1) is 32.0. The van der Waals surface area contributed by atoms with Gasteiger partial charge in [0, 0.05) is 36.2 Å². The zero-order chi connectivity index (χ0) is 31.4. The fraction of sp³-hybridized carbons (Fsp3) is 0.559. The number of amides is 3. The summed E-state index contributed by atoms with van der Waals surface area (Å²) >= 11 is 0. The summed E-state index contributed by atoms with van der Waals surface area (Å²) in [6.45, 7) is 11.7. The number of nitrogens with one attached hydrogen (secondary N) is 1. The number of likely N-dealkylation sites (tertiary alicyclic amines) is 1. The van der Waals surface area contributed by atoms with Gasteiger partial charge in [0.25, 0.3) is 5.91 Å². The molecule has 1 aliphatic heterocycles. The van der Waals surface area contributed by atoms with Crippen LogP contribution in [0.3, 0.4) is 0 Å². The molecule has 4 rings (SSSR count). The van der Waals surface area contributed by atoms with E-state index in [1.807, 2.05) is 24.3 Å². The van der Waals surface area contributed by atoms with Crippen LogP contribution in [-0.4, -0.2) is 52.0 Å². The third-order valence-corrected chi connectivity index (χ3v) is 8.10. The molecule has 3 unspecified atom stereocenters. The summed E-state index contributed by atoms with van der Waals surface area (Å²) in [6, 6.07) is 11.4. The molecule has 230 valence electrons. The zero-order valence-corrected chi connectivity index (χ0v) is 26.3. The van der Waals surface area contributed by atoms with Crippen molar-refractivity contribution in [3.63, 3.8) is 0 Å². The number of nitrogens with zero attached hydrogens (tertiary/aromatic N) is 4. The minimum Gasteiger partial charge on any atom is -0.444 e. The molecular formula is C34H45N5O4. The average molecular weight is 588 g/mol. The van der Waals surface area contributed by atoms with Gasteiger partial charge in [-0.3, -0.25) is 24.4 Å². The minimum absolute atomic E-state index is 0.0216. The maximum Gasteiger partial charge on any atom is 0.411 e. The molecule has 1 saturated heterocycles. The van der Waals surface area contributed by atoms with Crippen molar-refractivity contribution in [2.75, 3.05) is 11.4 Å². The number of ether oxygens (including phenoxy) is 1. The second-order valence-electron chi connectivity index (χ2n) is 13.7. The van der Waals surface area contributed by atoms with E-state index in [0.29, 0.717) is 11.3 Å². The molecule has 1 saturated carbocycles. The molecule has 0 radical (unpaired) electrons. The first-order valence-corrected chi connectivity index (χ1v) is 15.3. The third kappa shape index (κ3) is 7.92. The largest absolute Gasteiger partial charge is 0.444 e. The molecule has 3 atom stereocenters. The van der Waals surface area contributed by atoms with Crippen LogP contribution < -0.4 is 10.2 Å². The summed E-state index contributed by atoms with van der Waals surface area (Å²) in [5, 5.41) is 13.0. The van der Waals surface area contributed by atoms with E-state index in [4.69, 9.17) is 4.74 Å². The van der Waals surface area contributed by atoms with Crippen molar-refractivity contribution in [2.24, 2.45) is 5.92 Å². The molecule has 2 aromatic rings. The fourth-order valence-electron chi connectivity index (χ4n) is 5.85. The van der Waals surface area contributed by atoms with Crippen molar-refractivity contribution in [1.29, 1.82) is 5.26 Å². The Morgan fingerprint density at radius 1 is 1.05 bits per heavy atom. The van der Waals surface area contributed by atoms with E-state index in [9.17, 15) is 19.6 Å². The molecule has 0 bridgehead atoms. The van der Waals surface area contributed by atoms with E-state index in [-0.39, 0.29) is 30.3 Å². The lowest BCUT2D eigenvalue weighted by Crippen LogP contribution is -2.53. The van der Waals surface area contributed by atoms with Gasteiger partial charge in [0.15, 0.2) is 0 Å². The highest BCUT2D eigenvalue weighted by atomic mass is 16.6. The Balaban J connectivity index is 1.81. The number of hydrogen-bond acceptors (Lipinski definition) is 6. The Morgan fingerprint density at radius 2 is 1.72 bits per heavy atom. The van der Waals surface area contributed by atoms with Crippen LogP contribution >= 0.6 is 0 Å². The van der Waals surface area contributed by atoms with Crippen molar-refractivity contribution < 1.29 is 19.1 Å². The Bertz CT molecular complexity index is 1320. The molecule has 9 nitrogen and oxygen atoms in total. The number of hydrogen-bond donors (Lipinski definition) is 1. The van der Waals surface area contributed by atoms with Crippen LogP contribution in [0.25, 0.3) is 0 Å². The predicted octanol–water partition coefficient (Wildman–Crippen LogP) is 6.05. The SMILES string of the molecule is CC(C)(C)OC(=O)N1CC(C#N)CC1C(=O)N(c1ccc(C(C)(C)C)cc1)C(C(=O)NC1CCCCC1)c1cccnc1. The molecule has 9 heteroatoms. The van der Waals surface area contributed by atoms with Gasteiger partial charge in [0.2, 0.25) is 5.91 Å². The predicted molar refractivity (Wildman–Crippen MR) is 165 cm³/mol. The van der Waals surface area contributed by atoms with E-state index in [1.165, 1.54) is 9.80 Å². The number of anilines is 1. The lowest BCUT2D eigenvalue weighted by atomic mass is 9.87. The lowest BCUT2D eigenvalue weighted by Gasteiger charge is -2.36. The molecular weight excluding hydrogens is 542 g/mol. The molecule has 1 aromatic heterocycles. The number of benzene rings is 1. The van der Waals surface area contributed by atoms with Crippen molar-refractivity contribution in [2.45, 2.75) is 109 Å². The summed E-state index contributed by atoms with van der Waals surface area (Å²) in [7, 11) is 0. The summed E-state index contributed by atoms with van der Waals surface area (Å²) in [5.74, 6) is -1.29. The van der Waals surface area contributed by atoms with E-state index < -0.39 is 35.6 Å². The number of pyridine rings is 1. The van der Waals surface area contributed by atoms with Gasteiger partial charge in [-0.05, 0) is 69.2 Å². The van der Waals surface area contributed by atoms with Crippen LogP contribution in [0.1, 0.15) is 97.2 Å². The second kappa shape index (κ2) is 13.2. The van der Waals surface area contributed by atoms with Gasteiger partial charge >= 0.3 is 6.09 Å². The molecule has 3 amide bonds. The van der Waals surface area contributed by atoms with Crippen molar-refractivity contribution in [1.82, 2.24) is 15.2 Å². The molecule has 1 aliphatic carbocycles. The number of aromatic nitrogens is 1. The van der Waals surface area contributed by atoms with Crippen molar-refractivity contribution in [3.05, 3.63) is 59.9 Å². The molecule has 2 aliphatic rings. The fourth-order valence-corrected chi connectivity index (χ4v) is 5.85. The first-order chi connectivity index (χ1) is 20.3. The highest BCUT2D eigenvalue weighted by Crippen LogP contribution is 2.35. The Hall–Kier alpha value is -3.93. The van der Waals surface area contributed by atoms with Crippen LogP contribution in [0.15, 0.2) is 48.8 Å². The van der Waals surface area contributed by atoms with Gasteiger partial charge in [-0.1, -0.05) is 58.2 Å². The molecule has 0 spiro atoms. The van der Waals surface area contributed by atoms with Crippen molar-refractivity contribution >= 4 is 23.6 Å². The number of carbonyl (C=O) groups excluding carboxylic acids is 3. The monoisotopic (exact) mass is 587 g/mol. The molecule has 1 N–H and O–H groups in total. The number of nitriles is 1. The lowest BCUT2D eigenvalue weighted by molar-refractivity contribution is -0.129. The number of carbonyl (C=O) groups is 3. The standard InChI is InChI=1S/C34H45N5O4/c1-33(2,3)25-14-16-27(17-15-25)39(31(41)28-19-23(20-35)22-38(28)32(42)43-34(4,5)6)29(24-11-10-18-36-21-24)30(40)37-26-12-8-7-9-13-26/h10-11,14-18,21,23,26,28-29H,7-9,12-13,19,22H2,1-6H3,(H,37,40). The quantitative estimate of drug-likeness (QED) is 0.440. The number of rotatable bonds is 6. The molecule has 2 fully saturated rings. The zero-order valence-electron chi connectivity index (χ0n) is 26.3. The van der Waals surface area contributed by atoms with E-state index in [2.05, 4.69) is 37.1 Å². The van der Waals surface area contributed by atoms with E-state index in [0.717, 1.165) is 37.7 Å². The maximum absolute atomic E-state index is 14.7. The van der Waals surface area contributed by atoms with Crippen LogP contribution in [0.4, 0.5) is 10.5 Å². The second-order valence-corrected chi connectivity index (χ2v) is 13.7. The smallest absolute Gasteiger partial charge is 0.411 e. The summed E-state index contributed by atoms with van der Waals surface area (Å²) in [5.41, 5.74) is 1.26. The first-order valence-electron chi connectivity index (χ1n) is 15.3. The normalized spacial score (nSPS) is 20.2. The topological polar surface area (TPSA) is 116 Å². The Labute approximate surface area is 255 Å². The van der Waals surface area contributed by atoms with Gasteiger partial charge in [-0.15, -0.1) is 0 Å². The van der Waals surface area contributed by atoms with Gasteiger partial charge in [-0.25, -0.2) is 4.79 Å². The van der Waals surface area contributed by atoms with Gasteiger partial charge in [-0.2, -0.15) is 5.26 Å². The van der Waals surface area contributed by atoms with Gasteiger partial charge in [0.1, 0.15) is 17.7 Å². The molecule has 1 aromatic carbocycles. The van der Waals surface area contributed by atoms with E-state index in [1.54, 1.807) is 45.3 Å². The maximum atomic E-state index is 14.7. The van der Waals surface area contributed by atoms with Crippen LogP contribution in [-0.2, 0) is 19.7 Å². The van der Waals surface area contributed by atoms with Crippen molar-refractivity contribution in [3.8, 4) is 6.07 Å². The van der Waals surface area contributed by atoms with E-state index >= 15 is 0 Å². The van der Waals surface area contributed by atoms with Crippen LogP contribution in [0.5, 0.6) is 0 Å². The Morgan fingerprint density at radius 3 is 2.28 bits per heavy atom. The Kier molecular flexibility index (Phi) is 9.79. The average Bonchev–Trinajstić information content (AvgIpc) is 3.40. The summed E-state index contributed by atoms with van der Waals surface area (Å²) in [6.07, 6.45) is 7.73. The third-order valence-electron chi connectivity index (χ3n) is 8.10. The van der Waals surface area contributed by atoms with Crippen LogP contribution in [0, 0.1) is 17.2 Å². The van der Waals surface area contributed by atoms with Gasteiger partial charge < -0.3 is 10.1 Å². The molecule has 43 heavy (non-hydrogen) atoms. The minimum atomic E-state index is -1.04. The highest BCUT2D eigenvalue weighted by molar-refractivity contribution is 6.05. The highest BCUT2D eigenvalue weighted by Gasteiger charge is 2.46. The van der Waals surface area contributed by atoms with Crippen LogP contribution in [0.2, 0.25) is 0 Å².